The molecule has 0 radical (unpaired) electrons. The van der Waals surface area contributed by atoms with E-state index in [1.807, 2.05) is 48.5 Å². The Morgan fingerprint density at radius 3 is 2.73 bits per heavy atom. The number of aromatic nitrogens is 2. The van der Waals surface area contributed by atoms with Crippen LogP contribution in [0, 0.1) is 0 Å². The first kappa shape index (κ1) is 22.6. The van der Waals surface area contributed by atoms with Crippen molar-refractivity contribution < 1.29 is 14.6 Å². The highest BCUT2D eigenvalue weighted by Crippen LogP contribution is 2.23. The van der Waals surface area contributed by atoms with Crippen LogP contribution in [0.5, 0.6) is 11.5 Å². The standard InChI is InChI=1S/C24H18BrClN4O3/c25-18-7-10-23(31)17(11-18)13-27-30-24(32)22-12-21(28-29-22)15-5-8-19(9-6-15)33-14-16-3-1-2-4-20(16)26/h1-13,31H,14H2,(H,28,29)(H,30,32)/b27-13-. The van der Waals surface area contributed by atoms with Gasteiger partial charge in [-0.2, -0.15) is 10.2 Å². The Hall–Kier alpha value is -3.62. The normalized spacial score (nSPS) is 11.0. The smallest absolute Gasteiger partial charge is 0.289 e. The van der Waals surface area contributed by atoms with Gasteiger partial charge in [0.2, 0.25) is 0 Å². The largest absolute Gasteiger partial charge is 0.507 e. The number of amides is 1. The lowest BCUT2D eigenvalue weighted by Gasteiger charge is -2.08. The third kappa shape index (κ3) is 5.79. The Bertz CT molecular complexity index is 1310. The number of phenolic OH excluding ortho intramolecular Hbond substituents is 1. The summed E-state index contributed by atoms with van der Waals surface area (Å²) in [5.41, 5.74) is 5.45. The van der Waals surface area contributed by atoms with Gasteiger partial charge in [0.15, 0.2) is 0 Å². The lowest BCUT2D eigenvalue weighted by molar-refractivity contribution is 0.0950. The summed E-state index contributed by atoms with van der Waals surface area (Å²) in [4.78, 5) is 12.3. The van der Waals surface area contributed by atoms with E-state index in [2.05, 4.69) is 36.7 Å². The van der Waals surface area contributed by atoms with Crippen LogP contribution in [-0.2, 0) is 6.61 Å². The molecule has 7 nitrogen and oxygen atoms in total. The predicted octanol–water partition coefficient (Wildman–Crippen LogP) is 5.54. The third-order valence-corrected chi connectivity index (χ3v) is 5.55. The molecule has 0 spiro atoms. The maximum absolute atomic E-state index is 12.3. The van der Waals surface area contributed by atoms with Crippen molar-refractivity contribution in [2.75, 3.05) is 0 Å². The quantitative estimate of drug-likeness (QED) is 0.218. The summed E-state index contributed by atoms with van der Waals surface area (Å²) in [6, 6.07) is 21.4. The summed E-state index contributed by atoms with van der Waals surface area (Å²) < 4.78 is 6.57. The lowest BCUT2D eigenvalue weighted by atomic mass is 10.1. The highest BCUT2D eigenvalue weighted by atomic mass is 79.9. The number of carbonyl (C=O) groups is 1. The fourth-order valence-corrected chi connectivity index (χ4v) is 3.50. The van der Waals surface area contributed by atoms with Crippen LogP contribution >= 0.6 is 27.5 Å². The second-order valence-corrected chi connectivity index (χ2v) is 8.30. The number of H-pyrrole nitrogens is 1. The van der Waals surface area contributed by atoms with Crippen LogP contribution in [0.25, 0.3) is 11.3 Å². The number of ether oxygens (including phenoxy) is 1. The van der Waals surface area contributed by atoms with E-state index in [0.717, 1.165) is 15.6 Å². The number of benzene rings is 3. The Labute approximate surface area is 203 Å². The molecule has 0 aliphatic heterocycles. The molecule has 33 heavy (non-hydrogen) atoms. The lowest BCUT2D eigenvalue weighted by Crippen LogP contribution is -2.18. The fourth-order valence-electron chi connectivity index (χ4n) is 2.93. The monoisotopic (exact) mass is 524 g/mol. The van der Waals surface area contributed by atoms with Gasteiger partial charge in [-0.15, -0.1) is 0 Å². The molecule has 3 N–H and O–H groups in total. The number of hydrazone groups is 1. The zero-order chi connectivity index (χ0) is 23.2. The first-order valence-electron chi connectivity index (χ1n) is 9.83. The first-order chi connectivity index (χ1) is 16.0. The number of hydrogen-bond acceptors (Lipinski definition) is 5. The minimum Gasteiger partial charge on any atom is -0.507 e. The number of aromatic amines is 1. The SMILES string of the molecule is O=C(N/N=C\c1cc(Br)ccc1O)c1cc(-c2ccc(OCc3ccccc3Cl)cc2)n[nH]1. The predicted molar refractivity (Wildman–Crippen MR) is 131 cm³/mol. The summed E-state index contributed by atoms with van der Waals surface area (Å²) in [5, 5.41) is 21.3. The Balaban J connectivity index is 1.36. The topological polar surface area (TPSA) is 99.6 Å². The molecule has 1 amide bonds. The van der Waals surface area contributed by atoms with Gasteiger partial charge in [0.1, 0.15) is 23.8 Å². The van der Waals surface area contributed by atoms with Crippen molar-refractivity contribution in [3.63, 3.8) is 0 Å². The van der Waals surface area contributed by atoms with E-state index in [1.165, 1.54) is 12.3 Å². The average Bonchev–Trinajstić information content (AvgIpc) is 3.32. The van der Waals surface area contributed by atoms with E-state index in [9.17, 15) is 9.90 Å². The van der Waals surface area contributed by atoms with Crippen molar-refractivity contribution in [3.8, 4) is 22.8 Å². The van der Waals surface area contributed by atoms with Crippen LogP contribution < -0.4 is 10.2 Å². The molecule has 166 valence electrons. The highest BCUT2D eigenvalue weighted by molar-refractivity contribution is 9.10. The Morgan fingerprint density at radius 1 is 1.15 bits per heavy atom. The van der Waals surface area contributed by atoms with Crippen molar-refractivity contribution in [1.29, 1.82) is 0 Å². The third-order valence-electron chi connectivity index (χ3n) is 4.68. The average molecular weight is 526 g/mol. The number of hydrogen-bond donors (Lipinski definition) is 3. The molecule has 0 saturated heterocycles. The van der Waals surface area contributed by atoms with E-state index in [-0.39, 0.29) is 11.4 Å². The second kappa shape index (κ2) is 10.3. The Kier molecular flexibility index (Phi) is 7.07. The van der Waals surface area contributed by atoms with Gasteiger partial charge < -0.3 is 9.84 Å². The number of carbonyl (C=O) groups excluding carboxylic acids is 1. The molecule has 3 aromatic carbocycles. The van der Waals surface area contributed by atoms with Gasteiger partial charge in [-0.1, -0.05) is 45.7 Å². The van der Waals surface area contributed by atoms with Gasteiger partial charge in [-0.3, -0.25) is 9.89 Å². The zero-order valence-corrected chi connectivity index (χ0v) is 19.5. The highest BCUT2D eigenvalue weighted by Gasteiger charge is 2.11. The number of phenols is 1. The fraction of sp³-hybridized carbons (Fsp3) is 0.0417. The molecule has 0 aliphatic carbocycles. The first-order valence-corrected chi connectivity index (χ1v) is 11.0. The maximum Gasteiger partial charge on any atom is 0.289 e. The molecule has 0 fully saturated rings. The van der Waals surface area contributed by atoms with Gasteiger partial charge in [-0.25, -0.2) is 5.43 Å². The minimum absolute atomic E-state index is 0.0549. The summed E-state index contributed by atoms with van der Waals surface area (Å²) in [6.45, 7) is 0.365. The van der Waals surface area contributed by atoms with E-state index in [4.69, 9.17) is 16.3 Å². The van der Waals surface area contributed by atoms with Gasteiger partial charge in [0.05, 0.1) is 11.9 Å². The molecule has 0 bridgehead atoms. The van der Waals surface area contributed by atoms with Crippen molar-refractivity contribution in [1.82, 2.24) is 15.6 Å². The van der Waals surface area contributed by atoms with E-state index >= 15 is 0 Å². The molecule has 0 unspecified atom stereocenters. The summed E-state index contributed by atoms with van der Waals surface area (Å²) in [7, 11) is 0. The summed E-state index contributed by atoms with van der Waals surface area (Å²) >= 11 is 9.47. The zero-order valence-electron chi connectivity index (χ0n) is 17.1. The molecule has 4 rings (SSSR count). The van der Waals surface area contributed by atoms with Gasteiger partial charge in [-0.05, 0) is 54.6 Å². The molecular weight excluding hydrogens is 508 g/mol. The molecule has 4 aromatic rings. The summed E-state index contributed by atoms with van der Waals surface area (Å²) in [5.74, 6) is 0.288. The minimum atomic E-state index is -0.459. The molecule has 9 heteroatoms. The van der Waals surface area contributed by atoms with Crippen LogP contribution in [0.4, 0.5) is 0 Å². The van der Waals surface area contributed by atoms with Gasteiger partial charge in [0, 0.05) is 26.2 Å². The molecular formula is C24H18BrClN4O3. The van der Waals surface area contributed by atoms with Crippen LogP contribution in [0.1, 0.15) is 21.6 Å². The van der Waals surface area contributed by atoms with Crippen molar-refractivity contribution in [2.24, 2.45) is 5.10 Å². The number of nitrogens with one attached hydrogen (secondary N) is 2. The van der Waals surface area contributed by atoms with Gasteiger partial charge >= 0.3 is 0 Å². The van der Waals surface area contributed by atoms with Crippen molar-refractivity contribution in [3.05, 3.63) is 99.1 Å². The van der Waals surface area contributed by atoms with Crippen LogP contribution in [0.2, 0.25) is 5.02 Å². The van der Waals surface area contributed by atoms with Gasteiger partial charge in [0.25, 0.3) is 5.91 Å². The van der Waals surface area contributed by atoms with E-state index in [0.29, 0.717) is 28.6 Å². The number of halogens is 2. The van der Waals surface area contributed by atoms with Crippen molar-refractivity contribution >= 4 is 39.7 Å². The summed E-state index contributed by atoms with van der Waals surface area (Å²) in [6.07, 6.45) is 1.36. The number of rotatable bonds is 7. The number of aromatic hydroxyl groups is 1. The van der Waals surface area contributed by atoms with Crippen LogP contribution in [0.15, 0.2) is 82.4 Å². The molecule has 1 heterocycles. The van der Waals surface area contributed by atoms with Crippen molar-refractivity contribution in [2.45, 2.75) is 6.61 Å². The van der Waals surface area contributed by atoms with Crippen LogP contribution in [0.3, 0.4) is 0 Å². The molecule has 0 aliphatic rings. The molecule has 0 atom stereocenters. The van der Waals surface area contributed by atoms with Crippen LogP contribution in [-0.4, -0.2) is 27.4 Å². The molecule has 1 aromatic heterocycles. The Morgan fingerprint density at radius 2 is 1.94 bits per heavy atom. The van der Waals surface area contributed by atoms with E-state index < -0.39 is 5.91 Å². The van der Waals surface area contributed by atoms with E-state index in [1.54, 1.807) is 18.2 Å². The second-order valence-electron chi connectivity index (χ2n) is 6.97. The maximum atomic E-state index is 12.3. The number of nitrogens with zero attached hydrogens (tertiary/aromatic N) is 2. The molecule has 0 saturated carbocycles.